The first-order chi connectivity index (χ1) is 8.72. The minimum atomic E-state index is -0.290. The molecule has 0 radical (unpaired) electrons. The van der Waals surface area contributed by atoms with Crippen molar-refractivity contribution in [2.24, 2.45) is 5.92 Å². The van der Waals surface area contributed by atoms with Crippen molar-refractivity contribution in [3.05, 3.63) is 22.6 Å². The topological polar surface area (TPSA) is 28.2 Å². The molecule has 1 aliphatic carbocycles. The van der Waals surface area contributed by atoms with Crippen LogP contribution in [0.3, 0.4) is 0 Å². The first kappa shape index (κ1) is 12.4. The van der Waals surface area contributed by atoms with Gasteiger partial charge in [-0.3, -0.25) is 0 Å². The second kappa shape index (κ2) is 5.13. The Bertz CT molecular complexity index is 436. The fourth-order valence-electron chi connectivity index (χ4n) is 2.59. The molecule has 18 heavy (non-hydrogen) atoms. The highest BCUT2D eigenvalue weighted by Gasteiger charge is 2.34. The summed E-state index contributed by atoms with van der Waals surface area (Å²) in [6.45, 7) is 3.16. The fourth-order valence-corrected chi connectivity index (χ4v) is 2.89. The van der Waals surface area contributed by atoms with Crippen LogP contribution in [0.5, 0.6) is 0 Å². The number of aromatic nitrogens is 1. The lowest BCUT2D eigenvalue weighted by Gasteiger charge is -2.15. The van der Waals surface area contributed by atoms with Gasteiger partial charge in [-0.25, -0.2) is 9.37 Å². The molecule has 5 heteroatoms. The number of pyridine rings is 1. The standard InChI is InChI=1S/C13H17BrFN3/c14-10-5-12(15)13(17-7-10)16-6-9-3-4-18(8-9)11-1-2-11/h5,7,9,11H,1-4,6,8H2,(H,16,17). The smallest absolute Gasteiger partial charge is 0.166 e. The third-order valence-electron chi connectivity index (χ3n) is 3.75. The lowest BCUT2D eigenvalue weighted by molar-refractivity contribution is 0.316. The van der Waals surface area contributed by atoms with Crippen molar-refractivity contribution in [2.45, 2.75) is 25.3 Å². The molecule has 1 aliphatic heterocycles. The van der Waals surface area contributed by atoms with Gasteiger partial charge < -0.3 is 10.2 Å². The Balaban J connectivity index is 1.51. The average molecular weight is 314 g/mol. The molecule has 0 aromatic carbocycles. The Morgan fingerprint density at radius 1 is 1.44 bits per heavy atom. The molecule has 1 unspecified atom stereocenters. The second-order valence-electron chi connectivity index (χ2n) is 5.25. The van der Waals surface area contributed by atoms with Gasteiger partial charge in [-0.15, -0.1) is 0 Å². The Morgan fingerprint density at radius 2 is 2.28 bits per heavy atom. The summed E-state index contributed by atoms with van der Waals surface area (Å²) >= 11 is 3.21. The van der Waals surface area contributed by atoms with Gasteiger partial charge in [-0.05, 0) is 53.7 Å². The van der Waals surface area contributed by atoms with Gasteiger partial charge in [-0.1, -0.05) is 0 Å². The monoisotopic (exact) mass is 313 g/mol. The molecule has 1 saturated carbocycles. The number of likely N-dealkylation sites (tertiary alicyclic amines) is 1. The van der Waals surface area contributed by atoms with E-state index >= 15 is 0 Å². The molecule has 98 valence electrons. The van der Waals surface area contributed by atoms with Gasteiger partial charge in [0.1, 0.15) is 0 Å². The quantitative estimate of drug-likeness (QED) is 0.926. The van der Waals surface area contributed by atoms with Crippen LogP contribution in [0.2, 0.25) is 0 Å². The molecule has 1 aromatic heterocycles. The van der Waals surface area contributed by atoms with Gasteiger partial charge in [0.05, 0.1) is 0 Å². The van der Waals surface area contributed by atoms with E-state index in [-0.39, 0.29) is 5.82 Å². The predicted molar refractivity (Wildman–Crippen MR) is 73.1 cm³/mol. The summed E-state index contributed by atoms with van der Waals surface area (Å²) in [6.07, 6.45) is 5.56. The summed E-state index contributed by atoms with van der Waals surface area (Å²) in [4.78, 5) is 6.63. The molecule has 2 aliphatic rings. The van der Waals surface area contributed by atoms with Gasteiger partial charge >= 0.3 is 0 Å². The lowest BCUT2D eigenvalue weighted by Crippen LogP contribution is -2.25. The van der Waals surface area contributed by atoms with E-state index in [9.17, 15) is 4.39 Å². The molecule has 2 heterocycles. The largest absolute Gasteiger partial charge is 0.367 e. The summed E-state index contributed by atoms with van der Waals surface area (Å²) in [5, 5.41) is 3.13. The molecular formula is C13H17BrFN3. The van der Waals surface area contributed by atoms with Crippen LogP contribution in [0, 0.1) is 11.7 Å². The summed E-state index contributed by atoms with van der Waals surface area (Å²) in [7, 11) is 0. The van der Waals surface area contributed by atoms with Crippen molar-refractivity contribution >= 4 is 21.7 Å². The molecule has 3 rings (SSSR count). The molecule has 1 N–H and O–H groups in total. The number of nitrogens with one attached hydrogen (secondary N) is 1. The van der Waals surface area contributed by atoms with E-state index in [0.717, 1.165) is 19.1 Å². The first-order valence-corrected chi connectivity index (χ1v) is 7.30. The molecule has 1 saturated heterocycles. The van der Waals surface area contributed by atoms with Gasteiger partial charge in [0, 0.05) is 29.8 Å². The summed E-state index contributed by atoms with van der Waals surface area (Å²) in [5.74, 6) is 0.694. The molecule has 0 amide bonds. The zero-order valence-electron chi connectivity index (χ0n) is 10.2. The number of hydrogen-bond acceptors (Lipinski definition) is 3. The maximum absolute atomic E-state index is 13.6. The Hall–Kier alpha value is -0.680. The van der Waals surface area contributed by atoms with Crippen LogP contribution in [0.25, 0.3) is 0 Å². The highest BCUT2D eigenvalue weighted by Crippen LogP contribution is 2.31. The summed E-state index contributed by atoms with van der Waals surface area (Å²) < 4.78 is 14.2. The fraction of sp³-hybridized carbons (Fsp3) is 0.615. The van der Waals surface area contributed by atoms with E-state index in [1.807, 2.05) is 0 Å². The number of anilines is 1. The van der Waals surface area contributed by atoms with Crippen LogP contribution in [-0.4, -0.2) is 35.6 Å². The second-order valence-corrected chi connectivity index (χ2v) is 6.16. The Kier molecular flexibility index (Phi) is 3.52. The highest BCUT2D eigenvalue weighted by molar-refractivity contribution is 9.10. The predicted octanol–water partition coefficient (Wildman–Crippen LogP) is 2.88. The maximum atomic E-state index is 13.6. The van der Waals surface area contributed by atoms with Crippen LogP contribution in [0.15, 0.2) is 16.7 Å². The highest BCUT2D eigenvalue weighted by atomic mass is 79.9. The van der Waals surface area contributed by atoms with Crippen molar-refractivity contribution in [1.82, 2.24) is 9.88 Å². The number of hydrogen-bond donors (Lipinski definition) is 1. The Morgan fingerprint density at radius 3 is 3.00 bits per heavy atom. The zero-order valence-corrected chi connectivity index (χ0v) is 11.8. The van der Waals surface area contributed by atoms with E-state index in [2.05, 4.69) is 31.1 Å². The van der Waals surface area contributed by atoms with Gasteiger partial charge in [-0.2, -0.15) is 0 Å². The third kappa shape index (κ3) is 2.83. The van der Waals surface area contributed by atoms with E-state index < -0.39 is 0 Å². The minimum absolute atomic E-state index is 0.290. The molecule has 1 atom stereocenters. The number of rotatable bonds is 4. The van der Waals surface area contributed by atoms with Crippen LogP contribution >= 0.6 is 15.9 Å². The van der Waals surface area contributed by atoms with Gasteiger partial charge in [0.25, 0.3) is 0 Å². The van der Waals surface area contributed by atoms with E-state index in [4.69, 9.17) is 0 Å². The van der Waals surface area contributed by atoms with Crippen molar-refractivity contribution in [3.63, 3.8) is 0 Å². The van der Waals surface area contributed by atoms with Crippen LogP contribution in [0.1, 0.15) is 19.3 Å². The van der Waals surface area contributed by atoms with Crippen molar-refractivity contribution in [1.29, 1.82) is 0 Å². The molecule has 1 aromatic rings. The number of nitrogens with zero attached hydrogens (tertiary/aromatic N) is 2. The maximum Gasteiger partial charge on any atom is 0.166 e. The molecule has 3 nitrogen and oxygen atoms in total. The third-order valence-corrected chi connectivity index (χ3v) is 4.18. The van der Waals surface area contributed by atoms with Crippen molar-refractivity contribution in [3.8, 4) is 0 Å². The van der Waals surface area contributed by atoms with Crippen LogP contribution in [-0.2, 0) is 0 Å². The summed E-state index contributed by atoms with van der Waals surface area (Å²) in [5.41, 5.74) is 0. The van der Waals surface area contributed by atoms with E-state index in [1.54, 1.807) is 6.20 Å². The minimum Gasteiger partial charge on any atom is -0.367 e. The SMILES string of the molecule is Fc1cc(Br)cnc1NCC1CCN(C2CC2)C1. The van der Waals surface area contributed by atoms with Crippen molar-refractivity contribution in [2.75, 3.05) is 25.0 Å². The van der Waals surface area contributed by atoms with Crippen LogP contribution in [0.4, 0.5) is 10.2 Å². The number of halogens is 2. The molecular weight excluding hydrogens is 297 g/mol. The normalized spacial score (nSPS) is 24.4. The van der Waals surface area contributed by atoms with Crippen molar-refractivity contribution < 1.29 is 4.39 Å². The van der Waals surface area contributed by atoms with E-state index in [1.165, 1.54) is 31.9 Å². The average Bonchev–Trinajstić information content (AvgIpc) is 3.08. The van der Waals surface area contributed by atoms with Crippen LogP contribution < -0.4 is 5.32 Å². The lowest BCUT2D eigenvalue weighted by atomic mass is 10.1. The Labute approximate surface area is 115 Å². The van der Waals surface area contributed by atoms with Gasteiger partial charge in [0.2, 0.25) is 0 Å². The molecule has 2 fully saturated rings. The molecule has 0 bridgehead atoms. The molecule has 0 spiro atoms. The van der Waals surface area contributed by atoms with E-state index in [0.29, 0.717) is 16.2 Å². The first-order valence-electron chi connectivity index (χ1n) is 6.51. The zero-order chi connectivity index (χ0) is 12.5. The van der Waals surface area contributed by atoms with Gasteiger partial charge in [0.15, 0.2) is 11.6 Å². The summed E-state index contributed by atoms with van der Waals surface area (Å²) in [6, 6.07) is 2.29.